The van der Waals surface area contributed by atoms with Crippen molar-refractivity contribution in [3.05, 3.63) is 162 Å². The number of benzene rings is 6. The third-order valence-electron chi connectivity index (χ3n) is 16.0. The Labute approximate surface area is 465 Å². The maximum Gasteiger partial charge on any atom is 0.410 e. The molecular weight excluding hydrogens is 1010 g/mol. The van der Waals surface area contributed by atoms with Crippen molar-refractivity contribution >= 4 is 56.4 Å². The van der Waals surface area contributed by atoms with Gasteiger partial charge in [-0.3, -0.25) is 24.2 Å². The summed E-state index contributed by atoms with van der Waals surface area (Å²) in [6.45, 7) is 20.2. The zero-order valence-corrected chi connectivity index (χ0v) is 48.1. The molecule has 6 aromatic carbocycles. The first-order valence-electron chi connectivity index (χ1n) is 27.3. The van der Waals surface area contributed by atoms with Crippen LogP contribution in [-0.2, 0) is 53.0 Å². The number of fused-ring (bicyclic) bond motifs is 4. The number of aliphatic hydroxyl groups is 2. The first-order chi connectivity index (χ1) is 37.3. The van der Waals surface area contributed by atoms with Crippen molar-refractivity contribution in [3.8, 4) is 22.3 Å². The quantitative estimate of drug-likeness (QED) is 0.143. The van der Waals surface area contributed by atoms with Crippen LogP contribution in [0.1, 0.15) is 104 Å². The molecular formula is C65H74N4O9S. The average Bonchev–Trinajstić information content (AvgIpc) is 3.39. The average molecular weight is 1090 g/mol. The molecule has 4 atom stereocenters. The Morgan fingerprint density at radius 1 is 0.595 bits per heavy atom. The monoisotopic (exact) mass is 1090 g/mol. The van der Waals surface area contributed by atoms with E-state index in [0.29, 0.717) is 42.7 Å². The molecule has 4 heterocycles. The lowest BCUT2D eigenvalue weighted by atomic mass is 9.71. The number of nitrogens with zero attached hydrogens (tertiary/aromatic N) is 4. The lowest BCUT2D eigenvalue weighted by Gasteiger charge is -2.39. The highest BCUT2D eigenvalue weighted by Gasteiger charge is 2.64. The minimum atomic E-state index is -3.56. The number of ether oxygens (including phenoxy) is 1. The summed E-state index contributed by atoms with van der Waals surface area (Å²) < 4.78 is 30.6. The zero-order valence-electron chi connectivity index (χ0n) is 47.3. The maximum absolute atomic E-state index is 14.7. The summed E-state index contributed by atoms with van der Waals surface area (Å²) in [6.07, 6.45) is 1.85. The molecule has 0 aliphatic carbocycles. The highest BCUT2D eigenvalue weighted by atomic mass is 32.2. The summed E-state index contributed by atoms with van der Waals surface area (Å²) in [6, 6.07) is 43.5. The van der Waals surface area contributed by atoms with Gasteiger partial charge in [0.1, 0.15) is 5.60 Å². The van der Waals surface area contributed by atoms with Crippen LogP contribution in [0.15, 0.2) is 144 Å². The summed E-state index contributed by atoms with van der Waals surface area (Å²) in [5.74, 6) is 0.0825. The van der Waals surface area contributed by atoms with Crippen LogP contribution in [0.4, 0.5) is 27.5 Å². The topological polar surface area (TPSA) is 165 Å². The number of carbonyl (C=O) groups is 4. The van der Waals surface area contributed by atoms with Gasteiger partial charge in [-0.1, -0.05) is 146 Å². The predicted molar refractivity (Wildman–Crippen MR) is 310 cm³/mol. The number of para-hydroxylation sites is 2. The molecule has 6 aromatic rings. The molecule has 4 aliphatic rings. The van der Waals surface area contributed by atoms with Gasteiger partial charge < -0.3 is 24.7 Å². The number of rotatable bonds is 9. The number of hydrogen-bond acceptors (Lipinski definition) is 9. The third kappa shape index (κ3) is 10.1. The van der Waals surface area contributed by atoms with Crippen LogP contribution in [0.25, 0.3) is 22.3 Å². The molecule has 0 radical (unpaired) electrons. The molecule has 2 saturated heterocycles. The standard InChI is InChI=1S/C33H38N2O5S.C32H36N2O4/c1-21(2)29-33(16-17-34(29)30(37)32(3,4)5)26-12-7-8-13-27(26)35(31(33)38)25-11-9-10-22(18-25)23-14-15-24(20-36)28(19-23)41(6,39)40;1-21(2)28-32(17-18-33(28)30(37)38-31(3,4)5)26-11-6-7-12-27(26)34(29(32)36)25-10-8-9-24(19-25)23-15-13-22(20-35)14-16-23/h7-15,18-19,21,29,36H,16-17,20H2,1-6H3;6-16,19,21,28,35H,17-18,20H2,1-5H3/t29-,33-;28-,32-/m00/s1. The Morgan fingerprint density at radius 3 is 1.51 bits per heavy atom. The number of likely N-dealkylation sites (tertiary alicyclic amines) is 2. The molecule has 2 spiro atoms. The van der Waals surface area contributed by atoms with Crippen LogP contribution in [0, 0.1) is 17.3 Å². The van der Waals surface area contributed by atoms with Crippen molar-refractivity contribution < 1.29 is 42.5 Å². The first-order valence-corrected chi connectivity index (χ1v) is 29.2. The van der Waals surface area contributed by atoms with Gasteiger partial charge in [-0.25, -0.2) is 13.2 Å². The van der Waals surface area contributed by atoms with Crippen LogP contribution in [0.5, 0.6) is 0 Å². The van der Waals surface area contributed by atoms with Crippen molar-refractivity contribution in [2.45, 2.75) is 129 Å². The van der Waals surface area contributed by atoms with Gasteiger partial charge in [0.05, 0.1) is 52.4 Å². The zero-order chi connectivity index (χ0) is 57.1. The van der Waals surface area contributed by atoms with Gasteiger partial charge in [-0.05, 0) is 132 Å². The van der Waals surface area contributed by atoms with E-state index in [1.807, 2.05) is 173 Å². The lowest BCUT2D eigenvalue weighted by molar-refractivity contribution is -0.142. The molecule has 0 bridgehead atoms. The fourth-order valence-electron chi connectivity index (χ4n) is 12.9. The Bertz CT molecular complexity index is 3450. The molecule has 0 aromatic heterocycles. The SMILES string of the molecule is CC(C)[C@@H]1N(C(=O)C(C)(C)C)CC[C@@]12C(=O)N(c1cccc(-c3ccc(CO)c(S(C)(=O)=O)c3)c1)c1ccccc12.CC(C)[C@@H]1N(C(=O)OC(C)(C)C)CC[C@@]12C(=O)N(c1cccc(-c3ccc(CO)cc3)c1)c1ccccc12. The largest absolute Gasteiger partial charge is 0.444 e. The van der Waals surface area contributed by atoms with Crippen LogP contribution < -0.4 is 9.80 Å². The van der Waals surface area contributed by atoms with Gasteiger partial charge in [0, 0.05) is 36.1 Å². The second-order valence-corrected chi connectivity index (χ2v) is 26.3. The Kier molecular flexibility index (Phi) is 15.2. The van der Waals surface area contributed by atoms with E-state index in [0.717, 1.165) is 56.7 Å². The summed E-state index contributed by atoms with van der Waals surface area (Å²) >= 11 is 0. The molecule has 0 unspecified atom stereocenters. The van der Waals surface area contributed by atoms with Crippen molar-refractivity contribution in [1.82, 2.24) is 9.80 Å². The number of amides is 4. The Hall–Kier alpha value is -7.13. The predicted octanol–water partition coefficient (Wildman–Crippen LogP) is 11.9. The van der Waals surface area contributed by atoms with Crippen molar-refractivity contribution in [2.24, 2.45) is 17.3 Å². The molecule has 2 N–H and O–H groups in total. The van der Waals surface area contributed by atoms with Gasteiger partial charge in [0.15, 0.2) is 9.84 Å². The molecule has 2 fully saturated rings. The minimum absolute atomic E-state index is 0.00119. The van der Waals surface area contributed by atoms with Gasteiger partial charge >= 0.3 is 6.09 Å². The Morgan fingerprint density at radius 2 is 1.05 bits per heavy atom. The van der Waals surface area contributed by atoms with Crippen LogP contribution in [0.3, 0.4) is 0 Å². The summed E-state index contributed by atoms with van der Waals surface area (Å²) in [7, 11) is -3.56. The number of aliphatic hydroxyl groups excluding tert-OH is 2. The van der Waals surface area contributed by atoms with Gasteiger partial charge in [-0.15, -0.1) is 0 Å². The summed E-state index contributed by atoms with van der Waals surface area (Å²) in [4.78, 5) is 63.6. The smallest absolute Gasteiger partial charge is 0.410 e. The van der Waals surface area contributed by atoms with Crippen LogP contribution in [0.2, 0.25) is 0 Å². The van der Waals surface area contributed by atoms with Crippen molar-refractivity contribution in [2.75, 3.05) is 29.1 Å². The van der Waals surface area contributed by atoms with E-state index in [4.69, 9.17) is 4.74 Å². The second kappa shape index (κ2) is 21.2. The van der Waals surface area contributed by atoms with Crippen LogP contribution >= 0.6 is 0 Å². The first kappa shape index (κ1) is 56.6. The van der Waals surface area contributed by atoms with E-state index in [-0.39, 0.29) is 65.8 Å². The molecule has 13 nitrogen and oxygen atoms in total. The van der Waals surface area contributed by atoms with E-state index >= 15 is 0 Å². The van der Waals surface area contributed by atoms with E-state index in [9.17, 15) is 37.8 Å². The molecule has 10 rings (SSSR count). The van der Waals surface area contributed by atoms with Crippen LogP contribution in [-0.4, -0.2) is 89.3 Å². The summed E-state index contributed by atoms with van der Waals surface area (Å²) in [5, 5.41) is 19.1. The van der Waals surface area contributed by atoms with E-state index in [1.54, 1.807) is 28.0 Å². The van der Waals surface area contributed by atoms with E-state index < -0.39 is 31.7 Å². The molecule has 414 valence electrons. The lowest BCUT2D eigenvalue weighted by Crippen LogP contribution is -2.54. The highest BCUT2D eigenvalue weighted by molar-refractivity contribution is 7.90. The number of sulfone groups is 1. The normalized spacial score (nSPS) is 20.8. The minimum Gasteiger partial charge on any atom is -0.444 e. The van der Waals surface area contributed by atoms with E-state index in [1.165, 1.54) is 0 Å². The fourth-order valence-corrected chi connectivity index (χ4v) is 13.9. The molecule has 0 saturated carbocycles. The summed E-state index contributed by atoms with van der Waals surface area (Å²) in [5.41, 5.74) is 6.74. The van der Waals surface area contributed by atoms with Gasteiger partial charge in [0.2, 0.25) is 17.7 Å². The van der Waals surface area contributed by atoms with Crippen molar-refractivity contribution in [1.29, 1.82) is 0 Å². The van der Waals surface area contributed by atoms with Gasteiger partial charge in [0.25, 0.3) is 0 Å². The van der Waals surface area contributed by atoms with Gasteiger partial charge in [-0.2, -0.15) is 0 Å². The molecule has 4 amide bonds. The second-order valence-electron chi connectivity index (χ2n) is 24.3. The third-order valence-corrected chi connectivity index (χ3v) is 17.2. The molecule has 14 heteroatoms. The maximum atomic E-state index is 14.7. The number of anilines is 4. The van der Waals surface area contributed by atoms with Crippen molar-refractivity contribution in [3.63, 3.8) is 0 Å². The number of hydrogen-bond donors (Lipinski definition) is 2. The number of carbonyl (C=O) groups excluding carboxylic acids is 4. The fraction of sp³-hybridized carbons (Fsp3) is 0.385. The molecule has 79 heavy (non-hydrogen) atoms. The Balaban J connectivity index is 0.000000192. The highest BCUT2D eigenvalue weighted by Crippen LogP contribution is 2.57. The van der Waals surface area contributed by atoms with E-state index in [2.05, 4.69) is 27.7 Å². The molecule has 4 aliphatic heterocycles.